The van der Waals surface area contributed by atoms with Gasteiger partial charge in [-0.05, 0) is 18.8 Å². The molecule has 2 rings (SSSR count). The van der Waals surface area contributed by atoms with Crippen LogP contribution in [0.3, 0.4) is 0 Å². The summed E-state index contributed by atoms with van der Waals surface area (Å²) in [6.07, 6.45) is 5.64. The molecular formula is C18H26O2Si. The van der Waals surface area contributed by atoms with Crippen LogP contribution < -0.4 is 5.19 Å². The molecule has 0 saturated heterocycles. The van der Waals surface area contributed by atoms with E-state index in [4.69, 9.17) is 0 Å². The number of aliphatic carboxylic acids is 1. The Balaban J connectivity index is 2.27. The van der Waals surface area contributed by atoms with Gasteiger partial charge in [-0.3, -0.25) is 4.79 Å². The second kappa shape index (κ2) is 6.61. The van der Waals surface area contributed by atoms with Gasteiger partial charge >= 0.3 is 5.97 Å². The van der Waals surface area contributed by atoms with Crippen molar-refractivity contribution in [3.8, 4) is 0 Å². The maximum Gasteiger partial charge on any atom is 0.310 e. The number of carboxylic acid groups (broad SMARTS) is 1. The first-order chi connectivity index (χ1) is 9.94. The highest BCUT2D eigenvalue weighted by molar-refractivity contribution is 6.95. The Labute approximate surface area is 128 Å². The number of rotatable bonds is 5. The molecule has 0 heterocycles. The van der Waals surface area contributed by atoms with Gasteiger partial charge in [0.25, 0.3) is 0 Å². The van der Waals surface area contributed by atoms with Gasteiger partial charge in [0.1, 0.15) is 8.07 Å². The van der Waals surface area contributed by atoms with Gasteiger partial charge in [0.2, 0.25) is 0 Å². The third-order valence-electron chi connectivity index (χ3n) is 5.06. The number of hydrogen-bond donors (Lipinski definition) is 1. The van der Waals surface area contributed by atoms with E-state index in [2.05, 4.69) is 31.8 Å². The van der Waals surface area contributed by atoms with Gasteiger partial charge in [0.15, 0.2) is 0 Å². The summed E-state index contributed by atoms with van der Waals surface area (Å²) in [7, 11) is -1.97. The lowest BCUT2D eigenvalue weighted by atomic mass is 9.80. The quantitative estimate of drug-likeness (QED) is 0.835. The maximum atomic E-state index is 11.9. The molecule has 2 nitrogen and oxygen atoms in total. The van der Waals surface area contributed by atoms with Crippen molar-refractivity contribution in [2.24, 2.45) is 11.8 Å². The number of carbonyl (C=O) groups is 1. The Morgan fingerprint density at radius 2 is 1.76 bits per heavy atom. The lowest BCUT2D eigenvalue weighted by Crippen LogP contribution is -2.48. The maximum absolute atomic E-state index is 11.9. The van der Waals surface area contributed by atoms with Crippen LogP contribution in [0.1, 0.15) is 32.1 Å². The van der Waals surface area contributed by atoms with E-state index < -0.39 is 14.0 Å². The van der Waals surface area contributed by atoms with Crippen LogP contribution in [0.4, 0.5) is 0 Å². The average Bonchev–Trinajstić information content (AvgIpc) is 2.49. The van der Waals surface area contributed by atoms with E-state index in [1.54, 1.807) is 0 Å². The monoisotopic (exact) mass is 302 g/mol. The number of carboxylic acids is 1. The van der Waals surface area contributed by atoms with Crippen LogP contribution in [-0.4, -0.2) is 19.1 Å². The fourth-order valence-corrected chi connectivity index (χ4v) is 6.06. The summed E-state index contributed by atoms with van der Waals surface area (Å²) in [5.41, 5.74) is 0. The topological polar surface area (TPSA) is 37.3 Å². The molecule has 1 fully saturated rings. The highest BCUT2D eigenvalue weighted by Gasteiger charge is 2.39. The summed E-state index contributed by atoms with van der Waals surface area (Å²) in [4.78, 5) is 11.9. The lowest BCUT2D eigenvalue weighted by molar-refractivity contribution is -0.142. The molecule has 1 saturated carbocycles. The average molecular weight is 302 g/mol. The van der Waals surface area contributed by atoms with E-state index in [-0.39, 0.29) is 11.8 Å². The zero-order chi connectivity index (χ0) is 15.5. The third-order valence-corrected chi connectivity index (χ3v) is 8.75. The molecule has 1 unspecified atom stereocenters. The fourth-order valence-electron chi connectivity index (χ4n) is 3.53. The first kappa shape index (κ1) is 16.0. The second-order valence-electron chi connectivity index (χ2n) is 6.73. The van der Waals surface area contributed by atoms with E-state index in [1.807, 2.05) is 18.2 Å². The van der Waals surface area contributed by atoms with Crippen molar-refractivity contribution in [3.05, 3.63) is 42.1 Å². The molecule has 1 aliphatic rings. The van der Waals surface area contributed by atoms with Crippen molar-refractivity contribution in [3.63, 3.8) is 0 Å². The van der Waals surface area contributed by atoms with Gasteiger partial charge in [0, 0.05) is 0 Å². The van der Waals surface area contributed by atoms with Crippen molar-refractivity contribution < 1.29 is 9.90 Å². The molecule has 0 amide bonds. The van der Waals surface area contributed by atoms with Crippen LogP contribution in [0.15, 0.2) is 42.1 Å². The van der Waals surface area contributed by atoms with Crippen molar-refractivity contribution in [1.82, 2.24) is 0 Å². The predicted molar refractivity (Wildman–Crippen MR) is 90.4 cm³/mol. The van der Waals surface area contributed by atoms with Crippen molar-refractivity contribution >= 4 is 19.2 Å². The molecule has 0 radical (unpaired) electrons. The van der Waals surface area contributed by atoms with Crippen LogP contribution in [-0.2, 0) is 4.79 Å². The Morgan fingerprint density at radius 1 is 1.19 bits per heavy atom. The third kappa shape index (κ3) is 3.46. The summed E-state index contributed by atoms with van der Waals surface area (Å²) in [6, 6.07) is 10.3. The van der Waals surface area contributed by atoms with Gasteiger partial charge < -0.3 is 5.11 Å². The molecule has 0 bridgehead atoms. The van der Waals surface area contributed by atoms with E-state index in [1.165, 1.54) is 11.6 Å². The largest absolute Gasteiger partial charge is 0.481 e. The Kier molecular flexibility index (Phi) is 5.04. The number of benzene rings is 1. The summed E-state index contributed by atoms with van der Waals surface area (Å²) >= 11 is 0. The van der Waals surface area contributed by atoms with Crippen molar-refractivity contribution in [2.75, 3.05) is 0 Å². The van der Waals surface area contributed by atoms with Crippen LogP contribution in [0, 0.1) is 11.8 Å². The fraction of sp³-hybridized carbons (Fsp3) is 0.500. The minimum Gasteiger partial charge on any atom is -0.481 e. The van der Waals surface area contributed by atoms with Crippen LogP contribution >= 0.6 is 0 Å². The molecule has 1 aromatic rings. The lowest BCUT2D eigenvalue weighted by Gasteiger charge is -2.35. The highest BCUT2D eigenvalue weighted by Crippen LogP contribution is 2.36. The van der Waals surface area contributed by atoms with E-state index in [9.17, 15) is 9.90 Å². The summed E-state index contributed by atoms with van der Waals surface area (Å²) < 4.78 is 0. The van der Waals surface area contributed by atoms with Crippen LogP contribution in [0.25, 0.3) is 0 Å². The molecule has 1 atom stereocenters. The van der Waals surface area contributed by atoms with E-state index in [0.29, 0.717) is 0 Å². The molecular weight excluding hydrogens is 276 g/mol. The zero-order valence-electron chi connectivity index (χ0n) is 13.1. The molecule has 0 aromatic heterocycles. The van der Waals surface area contributed by atoms with Gasteiger partial charge in [-0.2, -0.15) is 0 Å². The molecule has 21 heavy (non-hydrogen) atoms. The molecule has 114 valence electrons. The van der Waals surface area contributed by atoms with Gasteiger partial charge in [0.05, 0.1) is 5.92 Å². The van der Waals surface area contributed by atoms with Crippen LogP contribution in [0.5, 0.6) is 0 Å². The summed E-state index contributed by atoms with van der Waals surface area (Å²) in [6.45, 7) is 8.73. The Bertz CT molecular complexity index is 501. The van der Waals surface area contributed by atoms with Crippen molar-refractivity contribution in [1.29, 1.82) is 0 Å². The molecule has 1 aliphatic carbocycles. The standard InChI is InChI=1S/C18H26O2Si/c1-14(21(2,3)16-12-8-5-9-13-16)17(18(19)20)15-10-6-4-7-11-15/h5,8-9,12-13,15,17H,1,4,6-7,10-11H2,2-3H3,(H,19,20). The first-order valence-corrected chi connectivity index (χ1v) is 10.9. The van der Waals surface area contributed by atoms with E-state index >= 15 is 0 Å². The molecule has 0 aliphatic heterocycles. The zero-order valence-corrected chi connectivity index (χ0v) is 14.1. The highest BCUT2D eigenvalue weighted by atomic mass is 28.3. The SMILES string of the molecule is C=C(C(C(=O)O)C1CCCCC1)[Si](C)(C)c1ccccc1. The molecule has 3 heteroatoms. The predicted octanol–water partition coefficient (Wildman–Crippen LogP) is 3.98. The minimum atomic E-state index is -1.97. The minimum absolute atomic E-state index is 0.277. The van der Waals surface area contributed by atoms with Crippen LogP contribution in [0.2, 0.25) is 13.1 Å². The first-order valence-electron chi connectivity index (χ1n) is 7.92. The molecule has 1 aromatic carbocycles. The summed E-state index contributed by atoms with van der Waals surface area (Å²) in [5, 5.41) is 12.0. The van der Waals surface area contributed by atoms with E-state index in [0.717, 1.165) is 30.9 Å². The molecule has 0 spiro atoms. The van der Waals surface area contributed by atoms with Gasteiger partial charge in [-0.25, -0.2) is 0 Å². The Morgan fingerprint density at radius 3 is 2.29 bits per heavy atom. The van der Waals surface area contributed by atoms with Crippen molar-refractivity contribution in [2.45, 2.75) is 45.2 Å². The smallest absolute Gasteiger partial charge is 0.310 e. The van der Waals surface area contributed by atoms with Gasteiger partial charge in [-0.1, -0.05) is 73.1 Å². The number of hydrogen-bond acceptors (Lipinski definition) is 1. The molecule has 1 N–H and O–H groups in total. The van der Waals surface area contributed by atoms with Gasteiger partial charge in [-0.15, -0.1) is 6.58 Å². The normalized spacial score (nSPS) is 18.2. The Hall–Kier alpha value is -1.35. The summed E-state index contributed by atoms with van der Waals surface area (Å²) in [5.74, 6) is -0.769. The second-order valence-corrected chi connectivity index (χ2v) is 11.2.